The van der Waals surface area contributed by atoms with Gasteiger partial charge in [0.2, 0.25) is 12.7 Å². The van der Waals surface area contributed by atoms with Crippen molar-refractivity contribution in [3.05, 3.63) is 48.0 Å². The fourth-order valence-electron chi connectivity index (χ4n) is 3.55. The minimum absolute atomic E-state index is 0.123. The van der Waals surface area contributed by atoms with Crippen molar-refractivity contribution in [2.45, 2.75) is 32.2 Å². The molecular weight excluding hydrogens is 358 g/mol. The first-order chi connectivity index (χ1) is 13.6. The van der Waals surface area contributed by atoms with Crippen molar-refractivity contribution in [1.82, 2.24) is 5.32 Å². The molecule has 2 aliphatic heterocycles. The van der Waals surface area contributed by atoms with Gasteiger partial charge >= 0.3 is 6.03 Å². The fourth-order valence-corrected chi connectivity index (χ4v) is 3.55. The van der Waals surface area contributed by atoms with Crippen LogP contribution in [0.3, 0.4) is 0 Å². The number of ether oxygens (including phenoxy) is 2. The van der Waals surface area contributed by atoms with Crippen LogP contribution in [0.4, 0.5) is 16.2 Å². The second-order valence-corrected chi connectivity index (χ2v) is 7.02. The Balaban J connectivity index is 1.30. The first-order valence-electron chi connectivity index (χ1n) is 9.45. The van der Waals surface area contributed by atoms with Crippen molar-refractivity contribution < 1.29 is 19.1 Å². The number of nitrogens with zero attached hydrogens (tertiary/aromatic N) is 1. The Morgan fingerprint density at radius 2 is 2.04 bits per heavy atom. The molecule has 0 radical (unpaired) electrons. The third-order valence-corrected chi connectivity index (χ3v) is 5.00. The van der Waals surface area contributed by atoms with Gasteiger partial charge in [-0.2, -0.15) is 0 Å². The van der Waals surface area contributed by atoms with E-state index < -0.39 is 0 Å². The van der Waals surface area contributed by atoms with E-state index in [1.807, 2.05) is 49.4 Å². The van der Waals surface area contributed by atoms with Crippen LogP contribution >= 0.6 is 0 Å². The van der Waals surface area contributed by atoms with Crippen LogP contribution in [0.15, 0.2) is 42.5 Å². The molecule has 3 amide bonds. The third kappa shape index (κ3) is 3.88. The van der Waals surface area contributed by atoms with Crippen LogP contribution in [0, 0.1) is 0 Å². The number of fused-ring (bicyclic) bond motifs is 1. The molecule has 28 heavy (non-hydrogen) atoms. The van der Waals surface area contributed by atoms with E-state index in [9.17, 15) is 9.59 Å². The standard InChI is InChI=1S/C21H23N3O4/c1-14-5-8-20(25)24(14)17-4-2-3-16(12-17)23-21(26)22-10-9-15-6-7-18-19(11-15)28-13-27-18/h2-4,6-7,11-12,14H,5,8-10,13H2,1H3,(H2,22,23,26). The molecule has 1 atom stereocenters. The van der Waals surface area contributed by atoms with Gasteiger partial charge in [0.15, 0.2) is 11.5 Å². The number of urea groups is 1. The summed E-state index contributed by atoms with van der Waals surface area (Å²) < 4.78 is 10.7. The molecule has 0 aromatic heterocycles. The summed E-state index contributed by atoms with van der Waals surface area (Å²) in [7, 11) is 0. The van der Waals surface area contributed by atoms with Crippen LogP contribution in [-0.2, 0) is 11.2 Å². The summed E-state index contributed by atoms with van der Waals surface area (Å²) in [5, 5.41) is 5.68. The number of anilines is 2. The summed E-state index contributed by atoms with van der Waals surface area (Å²) >= 11 is 0. The smallest absolute Gasteiger partial charge is 0.319 e. The van der Waals surface area contributed by atoms with Crippen molar-refractivity contribution in [3.8, 4) is 11.5 Å². The Morgan fingerprint density at radius 3 is 2.86 bits per heavy atom. The summed E-state index contributed by atoms with van der Waals surface area (Å²) in [5.41, 5.74) is 2.53. The Kier molecular flexibility index (Phi) is 5.06. The number of hydrogen-bond donors (Lipinski definition) is 2. The van der Waals surface area contributed by atoms with Gasteiger partial charge in [0.1, 0.15) is 0 Å². The second-order valence-electron chi connectivity index (χ2n) is 7.02. The Hall–Kier alpha value is -3.22. The normalized spacial score (nSPS) is 17.7. The van der Waals surface area contributed by atoms with Gasteiger partial charge in [0.05, 0.1) is 0 Å². The summed E-state index contributed by atoms with van der Waals surface area (Å²) in [6, 6.07) is 13.0. The topological polar surface area (TPSA) is 79.9 Å². The molecule has 0 bridgehead atoms. The van der Waals surface area contributed by atoms with Crippen LogP contribution in [-0.4, -0.2) is 31.3 Å². The molecule has 0 spiro atoms. The SMILES string of the molecule is CC1CCC(=O)N1c1cccc(NC(=O)NCCc2ccc3c(c2)OCO3)c1. The Labute approximate surface area is 163 Å². The predicted molar refractivity (Wildman–Crippen MR) is 106 cm³/mol. The third-order valence-electron chi connectivity index (χ3n) is 5.00. The van der Waals surface area contributed by atoms with Gasteiger partial charge in [-0.05, 0) is 55.7 Å². The highest BCUT2D eigenvalue weighted by Crippen LogP contribution is 2.32. The molecule has 7 nitrogen and oxygen atoms in total. The summed E-state index contributed by atoms with van der Waals surface area (Å²) in [5.74, 6) is 1.61. The molecular formula is C21H23N3O4. The van der Waals surface area contributed by atoms with E-state index in [-0.39, 0.29) is 24.8 Å². The van der Waals surface area contributed by atoms with E-state index in [4.69, 9.17) is 9.47 Å². The van der Waals surface area contributed by atoms with Crippen molar-refractivity contribution in [2.75, 3.05) is 23.6 Å². The molecule has 1 saturated heterocycles. The summed E-state index contributed by atoms with van der Waals surface area (Å²) in [6.45, 7) is 2.78. The minimum atomic E-state index is -0.279. The molecule has 2 N–H and O–H groups in total. The number of benzene rings is 2. The highest BCUT2D eigenvalue weighted by Gasteiger charge is 2.28. The first kappa shape index (κ1) is 18.2. The molecule has 1 unspecified atom stereocenters. The molecule has 2 aliphatic rings. The Morgan fingerprint density at radius 1 is 1.18 bits per heavy atom. The molecule has 146 valence electrons. The molecule has 2 aromatic rings. The van der Waals surface area contributed by atoms with E-state index in [1.165, 1.54) is 0 Å². The average Bonchev–Trinajstić information content (AvgIpc) is 3.27. The van der Waals surface area contributed by atoms with Gasteiger partial charge in [-0.15, -0.1) is 0 Å². The molecule has 4 rings (SSSR count). The predicted octanol–water partition coefficient (Wildman–Crippen LogP) is 3.29. The van der Waals surface area contributed by atoms with Gasteiger partial charge < -0.3 is 25.0 Å². The first-order valence-corrected chi connectivity index (χ1v) is 9.45. The van der Waals surface area contributed by atoms with E-state index in [2.05, 4.69) is 10.6 Å². The van der Waals surface area contributed by atoms with Crippen LogP contribution in [0.2, 0.25) is 0 Å². The lowest BCUT2D eigenvalue weighted by atomic mass is 10.1. The van der Waals surface area contributed by atoms with Gasteiger partial charge in [-0.3, -0.25) is 4.79 Å². The van der Waals surface area contributed by atoms with Crippen molar-refractivity contribution in [1.29, 1.82) is 0 Å². The maximum absolute atomic E-state index is 12.2. The van der Waals surface area contributed by atoms with Crippen LogP contribution < -0.4 is 25.0 Å². The van der Waals surface area contributed by atoms with Crippen LogP contribution in [0.5, 0.6) is 11.5 Å². The quantitative estimate of drug-likeness (QED) is 0.833. The second kappa shape index (κ2) is 7.80. The molecule has 2 aromatic carbocycles. The largest absolute Gasteiger partial charge is 0.454 e. The lowest BCUT2D eigenvalue weighted by molar-refractivity contribution is -0.117. The molecule has 0 aliphatic carbocycles. The van der Waals surface area contributed by atoms with E-state index in [1.54, 1.807) is 4.90 Å². The highest BCUT2D eigenvalue weighted by atomic mass is 16.7. The zero-order valence-corrected chi connectivity index (χ0v) is 15.7. The van der Waals surface area contributed by atoms with Crippen molar-refractivity contribution in [2.24, 2.45) is 0 Å². The van der Waals surface area contributed by atoms with Gasteiger partial charge in [0.25, 0.3) is 0 Å². The number of nitrogens with one attached hydrogen (secondary N) is 2. The number of amides is 3. The van der Waals surface area contributed by atoms with Gasteiger partial charge in [-0.25, -0.2) is 4.79 Å². The fraction of sp³-hybridized carbons (Fsp3) is 0.333. The molecule has 1 fully saturated rings. The zero-order valence-electron chi connectivity index (χ0n) is 15.7. The highest BCUT2D eigenvalue weighted by molar-refractivity contribution is 5.97. The van der Waals surface area contributed by atoms with Crippen LogP contribution in [0.25, 0.3) is 0 Å². The van der Waals surface area contributed by atoms with E-state index >= 15 is 0 Å². The maximum Gasteiger partial charge on any atom is 0.319 e. The zero-order chi connectivity index (χ0) is 19.5. The number of carbonyl (C=O) groups is 2. The van der Waals surface area contributed by atoms with E-state index in [0.717, 1.165) is 29.2 Å². The maximum atomic E-state index is 12.2. The van der Waals surface area contributed by atoms with Crippen molar-refractivity contribution >= 4 is 23.3 Å². The van der Waals surface area contributed by atoms with Gasteiger partial charge in [-0.1, -0.05) is 12.1 Å². The number of rotatable bonds is 5. The van der Waals surface area contributed by atoms with Crippen LogP contribution in [0.1, 0.15) is 25.3 Å². The van der Waals surface area contributed by atoms with E-state index in [0.29, 0.717) is 25.1 Å². The van der Waals surface area contributed by atoms with Gasteiger partial charge in [0, 0.05) is 30.4 Å². The lowest BCUT2D eigenvalue weighted by Crippen LogP contribution is -2.32. The molecule has 2 heterocycles. The number of hydrogen-bond acceptors (Lipinski definition) is 4. The number of carbonyl (C=O) groups excluding carboxylic acids is 2. The monoisotopic (exact) mass is 381 g/mol. The summed E-state index contributed by atoms with van der Waals surface area (Å²) in [6.07, 6.45) is 2.11. The molecule has 7 heteroatoms. The average molecular weight is 381 g/mol. The minimum Gasteiger partial charge on any atom is -0.454 e. The lowest BCUT2D eigenvalue weighted by Gasteiger charge is -2.22. The Bertz CT molecular complexity index is 899. The summed E-state index contributed by atoms with van der Waals surface area (Å²) in [4.78, 5) is 26.1. The van der Waals surface area contributed by atoms with Crippen molar-refractivity contribution in [3.63, 3.8) is 0 Å². The molecule has 0 saturated carbocycles.